The van der Waals surface area contributed by atoms with Gasteiger partial charge in [-0.2, -0.15) is 13.2 Å². The van der Waals surface area contributed by atoms with E-state index in [0.29, 0.717) is 12.1 Å². The number of hydrogen-bond donors (Lipinski definition) is 1. The lowest BCUT2D eigenvalue weighted by molar-refractivity contribution is -0.145. The third-order valence-corrected chi connectivity index (χ3v) is 2.39. The van der Waals surface area contributed by atoms with E-state index in [0.717, 1.165) is 5.56 Å². The molecule has 2 aromatic rings. The molecule has 0 aromatic carbocycles. The molecule has 0 radical (unpaired) electrons. The molecule has 0 fully saturated rings. The summed E-state index contributed by atoms with van der Waals surface area (Å²) in [5.41, 5.74) is 1.15. The normalized spacial score (nSPS) is 11.5. The number of halogens is 3. The first-order valence-electron chi connectivity index (χ1n) is 5.01. The van der Waals surface area contributed by atoms with Crippen LogP contribution in [0.2, 0.25) is 0 Å². The Labute approximate surface area is 106 Å². The smallest absolute Gasteiger partial charge is 0.339 e. The molecular weight excluding hydrogens is 263 g/mol. The minimum atomic E-state index is -4.53. The van der Waals surface area contributed by atoms with Crippen LogP contribution in [0.15, 0.2) is 30.6 Å². The molecule has 0 aliphatic rings. The SMILES string of the molecule is FC(F)(F)c1nc(=S)cc(Cc2cccnc2)[nH]1. The van der Waals surface area contributed by atoms with Gasteiger partial charge in [0.15, 0.2) is 0 Å². The zero-order chi connectivity index (χ0) is 13.2. The van der Waals surface area contributed by atoms with E-state index in [-0.39, 0.29) is 4.64 Å². The lowest BCUT2D eigenvalue weighted by Crippen LogP contribution is -2.12. The summed E-state index contributed by atoms with van der Waals surface area (Å²) in [6.07, 6.45) is -1.05. The Morgan fingerprint density at radius 3 is 2.72 bits per heavy atom. The quantitative estimate of drug-likeness (QED) is 0.853. The number of rotatable bonds is 2. The first kappa shape index (κ1) is 12.7. The Balaban J connectivity index is 2.35. The van der Waals surface area contributed by atoms with Gasteiger partial charge in [0, 0.05) is 24.5 Å². The lowest BCUT2D eigenvalue weighted by Gasteiger charge is -2.08. The van der Waals surface area contributed by atoms with Crippen molar-refractivity contribution in [2.24, 2.45) is 0 Å². The molecule has 2 rings (SSSR count). The van der Waals surface area contributed by atoms with Crippen molar-refractivity contribution in [2.75, 3.05) is 0 Å². The summed E-state index contributed by atoms with van der Waals surface area (Å²) in [6, 6.07) is 4.91. The summed E-state index contributed by atoms with van der Waals surface area (Å²) in [7, 11) is 0. The lowest BCUT2D eigenvalue weighted by atomic mass is 10.1. The van der Waals surface area contributed by atoms with E-state index in [1.54, 1.807) is 24.5 Å². The van der Waals surface area contributed by atoms with Crippen LogP contribution in [0.1, 0.15) is 17.1 Å². The summed E-state index contributed by atoms with van der Waals surface area (Å²) < 4.78 is 37.5. The van der Waals surface area contributed by atoms with Crippen molar-refractivity contribution >= 4 is 12.2 Å². The predicted octanol–water partition coefficient (Wildman–Crippen LogP) is 3.14. The van der Waals surface area contributed by atoms with Crippen LogP contribution in [-0.4, -0.2) is 15.0 Å². The Kier molecular flexibility index (Phi) is 3.42. The van der Waals surface area contributed by atoms with Crippen molar-refractivity contribution in [3.63, 3.8) is 0 Å². The van der Waals surface area contributed by atoms with Gasteiger partial charge >= 0.3 is 6.18 Å². The van der Waals surface area contributed by atoms with Gasteiger partial charge < -0.3 is 4.98 Å². The molecule has 0 saturated carbocycles. The highest BCUT2D eigenvalue weighted by atomic mass is 32.1. The molecule has 0 aliphatic carbocycles. The van der Waals surface area contributed by atoms with E-state index in [2.05, 4.69) is 15.0 Å². The van der Waals surface area contributed by atoms with Gasteiger partial charge in [-0.15, -0.1) is 0 Å². The summed E-state index contributed by atoms with van der Waals surface area (Å²) in [4.78, 5) is 9.41. The van der Waals surface area contributed by atoms with E-state index in [1.807, 2.05) is 0 Å². The minimum absolute atomic E-state index is 0.0834. The number of hydrogen-bond acceptors (Lipinski definition) is 3. The van der Waals surface area contributed by atoms with E-state index in [9.17, 15) is 13.2 Å². The number of aromatic amines is 1. The van der Waals surface area contributed by atoms with E-state index >= 15 is 0 Å². The minimum Gasteiger partial charge on any atom is -0.339 e. The Morgan fingerprint density at radius 2 is 2.11 bits per heavy atom. The molecule has 2 aromatic heterocycles. The van der Waals surface area contributed by atoms with Crippen LogP contribution in [0, 0.1) is 4.64 Å². The second-order valence-corrected chi connectivity index (χ2v) is 4.05. The van der Waals surface area contributed by atoms with Crippen LogP contribution >= 0.6 is 12.2 Å². The van der Waals surface area contributed by atoms with Crippen LogP contribution in [0.25, 0.3) is 0 Å². The van der Waals surface area contributed by atoms with E-state index in [4.69, 9.17) is 12.2 Å². The van der Waals surface area contributed by atoms with Gasteiger partial charge in [0.2, 0.25) is 5.82 Å². The van der Waals surface area contributed by atoms with Crippen LogP contribution in [0.4, 0.5) is 13.2 Å². The van der Waals surface area contributed by atoms with Crippen LogP contribution < -0.4 is 0 Å². The Bertz CT molecular complexity index is 592. The van der Waals surface area contributed by atoms with Crippen molar-refractivity contribution in [1.82, 2.24) is 15.0 Å². The highest BCUT2D eigenvalue weighted by Gasteiger charge is 2.33. The monoisotopic (exact) mass is 271 g/mol. The van der Waals surface area contributed by atoms with Crippen LogP contribution in [-0.2, 0) is 12.6 Å². The molecule has 3 nitrogen and oxygen atoms in total. The molecule has 94 valence electrons. The maximum atomic E-state index is 12.5. The van der Waals surface area contributed by atoms with Gasteiger partial charge in [-0.3, -0.25) is 4.98 Å². The molecule has 0 atom stereocenters. The molecule has 0 bridgehead atoms. The first-order valence-corrected chi connectivity index (χ1v) is 5.42. The number of pyridine rings is 1. The van der Waals surface area contributed by atoms with Gasteiger partial charge in [-0.25, -0.2) is 4.98 Å². The largest absolute Gasteiger partial charge is 0.449 e. The Morgan fingerprint density at radius 1 is 1.33 bits per heavy atom. The zero-order valence-corrected chi connectivity index (χ0v) is 9.85. The molecule has 18 heavy (non-hydrogen) atoms. The number of aromatic nitrogens is 3. The average molecular weight is 271 g/mol. The van der Waals surface area contributed by atoms with Crippen LogP contribution in [0.3, 0.4) is 0 Å². The molecule has 0 spiro atoms. The number of H-pyrrole nitrogens is 1. The number of alkyl halides is 3. The molecule has 0 aliphatic heterocycles. The number of nitrogens with zero attached hydrogens (tertiary/aromatic N) is 2. The molecule has 2 heterocycles. The third kappa shape index (κ3) is 3.13. The molecular formula is C11H8F3N3S. The van der Waals surface area contributed by atoms with Gasteiger partial charge in [-0.05, 0) is 17.7 Å². The molecule has 0 amide bonds. The van der Waals surface area contributed by atoms with E-state index < -0.39 is 12.0 Å². The fraction of sp³-hybridized carbons (Fsp3) is 0.182. The molecule has 1 N–H and O–H groups in total. The molecule has 0 unspecified atom stereocenters. The standard InChI is InChI=1S/C11H8F3N3S/c12-11(13,14)10-16-8(5-9(18)17-10)4-7-2-1-3-15-6-7/h1-3,5-6H,4H2,(H,16,17,18). The summed E-state index contributed by atoms with van der Waals surface area (Å²) in [5, 5.41) is 0. The Hall–Kier alpha value is -1.76. The summed E-state index contributed by atoms with van der Waals surface area (Å²) in [6.45, 7) is 0. The van der Waals surface area contributed by atoms with Gasteiger partial charge in [0.05, 0.1) is 0 Å². The van der Waals surface area contributed by atoms with Gasteiger partial charge in [0.1, 0.15) is 4.64 Å². The maximum absolute atomic E-state index is 12.5. The number of nitrogens with one attached hydrogen (secondary N) is 1. The van der Waals surface area contributed by atoms with E-state index in [1.165, 1.54) is 6.07 Å². The second-order valence-electron chi connectivity index (χ2n) is 3.63. The highest BCUT2D eigenvalue weighted by molar-refractivity contribution is 7.71. The summed E-state index contributed by atoms with van der Waals surface area (Å²) in [5.74, 6) is -1.08. The van der Waals surface area contributed by atoms with Crippen molar-refractivity contribution in [3.05, 3.63) is 52.3 Å². The zero-order valence-electron chi connectivity index (χ0n) is 9.03. The molecule has 0 saturated heterocycles. The van der Waals surface area contributed by atoms with Crippen LogP contribution in [0.5, 0.6) is 0 Å². The second kappa shape index (κ2) is 4.85. The molecule has 7 heteroatoms. The summed E-state index contributed by atoms with van der Waals surface area (Å²) >= 11 is 4.73. The van der Waals surface area contributed by atoms with Gasteiger partial charge in [0.25, 0.3) is 0 Å². The highest BCUT2D eigenvalue weighted by Crippen LogP contribution is 2.26. The third-order valence-electron chi connectivity index (χ3n) is 2.18. The van der Waals surface area contributed by atoms with Crippen molar-refractivity contribution in [2.45, 2.75) is 12.6 Å². The van der Waals surface area contributed by atoms with Gasteiger partial charge in [-0.1, -0.05) is 18.3 Å². The topological polar surface area (TPSA) is 41.6 Å². The van der Waals surface area contributed by atoms with Crippen molar-refractivity contribution in [1.29, 1.82) is 0 Å². The van der Waals surface area contributed by atoms with Crippen molar-refractivity contribution < 1.29 is 13.2 Å². The predicted molar refractivity (Wildman–Crippen MR) is 61.5 cm³/mol. The maximum Gasteiger partial charge on any atom is 0.449 e. The average Bonchev–Trinajstić information content (AvgIpc) is 2.28. The first-order chi connectivity index (χ1) is 8.45. The fourth-order valence-corrected chi connectivity index (χ4v) is 1.69. The van der Waals surface area contributed by atoms with Crippen molar-refractivity contribution in [3.8, 4) is 0 Å². The fourth-order valence-electron chi connectivity index (χ4n) is 1.46.